The van der Waals surface area contributed by atoms with Gasteiger partial charge in [-0.2, -0.15) is 0 Å². The van der Waals surface area contributed by atoms with E-state index in [0.29, 0.717) is 17.6 Å². The first kappa shape index (κ1) is 11.1. The molecule has 1 heterocycles. The maximum absolute atomic E-state index is 9.80. The second-order valence-electron chi connectivity index (χ2n) is 4.32. The van der Waals surface area contributed by atoms with Crippen LogP contribution in [0.25, 0.3) is 0 Å². The van der Waals surface area contributed by atoms with Gasteiger partial charge in [0.15, 0.2) is 0 Å². The monoisotopic (exact) mass is 222 g/mol. The zero-order chi connectivity index (χ0) is 11.4. The van der Waals surface area contributed by atoms with Crippen LogP contribution >= 0.6 is 0 Å². The van der Waals surface area contributed by atoms with Crippen molar-refractivity contribution >= 4 is 11.6 Å². The third-order valence-electron chi connectivity index (χ3n) is 3.07. The first-order chi connectivity index (χ1) is 7.75. The van der Waals surface area contributed by atoms with Crippen LogP contribution < -0.4 is 11.1 Å². The van der Waals surface area contributed by atoms with Crippen LogP contribution in [-0.2, 0) is 0 Å². The standard InChI is InChI=1S/C11H18N4O/c12-10-6-13-7-11(15-10)14-5-8-3-1-2-4-9(8)16/h6-9,16H,1-5H2,(H3,12,14,15). The van der Waals surface area contributed by atoms with Crippen molar-refractivity contribution < 1.29 is 5.11 Å². The van der Waals surface area contributed by atoms with Gasteiger partial charge < -0.3 is 16.2 Å². The molecule has 1 fully saturated rings. The van der Waals surface area contributed by atoms with E-state index in [1.807, 2.05) is 0 Å². The molecule has 0 aliphatic heterocycles. The summed E-state index contributed by atoms with van der Waals surface area (Å²) in [6.45, 7) is 0.735. The molecular formula is C11H18N4O. The van der Waals surface area contributed by atoms with Crippen LogP contribution in [0.1, 0.15) is 25.7 Å². The van der Waals surface area contributed by atoms with Crippen LogP contribution in [0.15, 0.2) is 12.4 Å². The number of rotatable bonds is 3. The van der Waals surface area contributed by atoms with Gasteiger partial charge in [-0.25, -0.2) is 4.98 Å². The molecule has 1 aliphatic rings. The molecule has 1 aromatic heterocycles. The minimum atomic E-state index is -0.185. The quantitative estimate of drug-likeness (QED) is 0.711. The van der Waals surface area contributed by atoms with E-state index in [9.17, 15) is 5.11 Å². The molecular weight excluding hydrogens is 204 g/mol. The molecule has 5 nitrogen and oxygen atoms in total. The Bertz CT molecular complexity index is 345. The highest BCUT2D eigenvalue weighted by Crippen LogP contribution is 2.24. The highest BCUT2D eigenvalue weighted by molar-refractivity contribution is 5.38. The number of hydrogen-bond acceptors (Lipinski definition) is 5. The molecule has 0 saturated heterocycles. The van der Waals surface area contributed by atoms with Gasteiger partial charge >= 0.3 is 0 Å². The second-order valence-corrected chi connectivity index (χ2v) is 4.32. The molecule has 0 aromatic carbocycles. The van der Waals surface area contributed by atoms with Crippen LogP contribution in [0.4, 0.5) is 11.6 Å². The molecule has 1 aliphatic carbocycles. The summed E-state index contributed by atoms with van der Waals surface area (Å²) in [6.07, 6.45) is 7.29. The number of aromatic nitrogens is 2. The fourth-order valence-electron chi connectivity index (χ4n) is 2.13. The third-order valence-corrected chi connectivity index (χ3v) is 3.07. The Balaban J connectivity index is 1.86. The number of nitrogens with one attached hydrogen (secondary N) is 1. The second kappa shape index (κ2) is 5.12. The van der Waals surface area contributed by atoms with Gasteiger partial charge in [0.1, 0.15) is 11.6 Å². The minimum Gasteiger partial charge on any atom is -0.393 e. The Morgan fingerprint density at radius 2 is 2.19 bits per heavy atom. The van der Waals surface area contributed by atoms with Crippen LogP contribution in [0, 0.1) is 5.92 Å². The zero-order valence-corrected chi connectivity index (χ0v) is 9.26. The molecule has 1 aromatic rings. The molecule has 1 saturated carbocycles. The van der Waals surface area contributed by atoms with Gasteiger partial charge in [-0.3, -0.25) is 4.98 Å². The van der Waals surface area contributed by atoms with Crippen molar-refractivity contribution in [1.82, 2.24) is 9.97 Å². The molecule has 0 spiro atoms. The van der Waals surface area contributed by atoms with Crippen LogP contribution in [0.2, 0.25) is 0 Å². The van der Waals surface area contributed by atoms with Crippen LogP contribution in [0.3, 0.4) is 0 Å². The summed E-state index contributed by atoms with van der Waals surface area (Å²) in [5, 5.41) is 13.0. The fraction of sp³-hybridized carbons (Fsp3) is 0.636. The van der Waals surface area contributed by atoms with Gasteiger partial charge in [-0.05, 0) is 12.8 Å². The Labute approximate surface area is 95.1 Å². The number of anilines is 2. The Morgan fingerprint density at radius 1 is 1.38 bits per heavy atom. The minimum absolute atomic E-state index is 0.185. The van der Waals surface area contributed by atoms with Crippen molar-refractivity contribution in [3.05, 3.63) is 12.4 Å². The summed E-state index contributed by atoms with van der Waals surface area (Å²) in [7, 11) is 0. The number of hydrogen-bond donors (Lipinski definition) is 3. The van der Waals surface area contributed by atoms with Gasteiger partial charge in [0.25, 0.3) is 0 Å². The molecule has 5 heteroatoms. The van der Waals surface area contributed by atoms with Crippen molar-refractivity contribution in [3.8, 4) is 0 Å². The molecule has 0 bridgehead atoms. The van der Waals surface area contributed by atoms with Crippen LogP contribution in [-0.4, -0.2) is 27.7 Å². The largest absolute Gasteiger partial charge is 0.393 e. The van der Waals surface area contributed by atoms with E-state index >= 15 is 0 Å². The number of aliphatic hydroxyl groups excluding tert-OH is 1. The Kier molecular flexibility index (Phi) is 3.56. The van der Waals surface area contributed by atoms with Gasteiger partial charge in [-0.1, -0.05) is 12.8 Å². The summed E-state index contributed by atoms with van der Waals surface area (Å²) in [4.78, 5) is 8.06. The first-order valence-electron chi connectivity index (χ1n) is 5.75. The lowest BCUT2D eigenvalue weighted by Gasteiger charge is -2.27. The lowest BCUT2D eigenvalue weighted by Crippen LogP contribution is -2.30. The molecule has 4 N–H and O–H groups in total. The number of aliphatic hydroxyl groups is 1. The average Bonchev–Trinajstić information content (AvgIpc) is 2.28. The summed E-state index contributed by atoms with van der Waals surface area (Å²) < 4.78 is 0. The van der Waals surface area contributed by atoms with E-state index in [4.69, 9.17) is 5.73 Å². The van der Waals surface area contributed by atoms with Crippen molar-refractivity contribution in [3.63, 3.8) is 0 Å². The number of nitrogen functional groups attached to an aromatic ring is 1. The summed E-state index contributed by atoms with van der Waals surface area (Å²) >= 11 is 0. The van der Waals surface area contributed by atoms with Gasteiger partial charge in [0, 0.05) is 12.5 Å². The fourth-order valence-corrected chi connectivity index (χ4v) is 2.13. The summed E-state index contributed by atoms with van der Waals surface area (Å²) in [5.74, 6) is 1.41. The molecule has 2 atom stereocenters. The summed E-state index contributed by atoms with van der Waals surface area (Å²) in [5.41, 5.74) is 5.53. The molecule has 2 unspecified atom stereocenters. The van der Waals surface area contributed by atoms with Crippen molar-refractivity contribution in [2.75, 3.05) is 17.6 Å². The van der Waals surface area contributed by atoms with Crippen molar-refractivity contribution in [2.45, 2.75) is 31.8 Å². The third kappa shape index (κ3) is 2.82. The van der Waals surface area contributed by atoms with E-state index in [0.717, 1.165) is 25.8 Å². The Hall–Kier alpha value is -1.36. The van der Waals surface area contributed by atoms with Gasteiger partial charge in [0.05, 0.1) is 18.5 Å². The SMILES string of the molecule is Nc1cncc(NCC2CCCCC2O)n1. The van der Waals surface area contributed by atoms with E-state index in [1.54, 1.807) is 6.20 Å². The highest BCUT2D eigenvalue weighted by Gasteiger charge is 2.22. The molecule has 2 rings (SSSR count). The Morgan fingerprint density at radius 3 is 2.94 bits per heavy atom. The smallest absolute Gasteiger partial charge is 0.146 e. The lowest BCUT2D eigenvalue weighted by atomic mass is 9.86. The van der Waals surface area contributed by atoms with Gasteiger partial charge in [0.2, 0.25) is 0 Å². The number of nitrogens with two attached hydrogens (primary N) is 1. The molecule has 88 valence electrons. The van der Waals surface area contributed by atoms with E-state index in [-0.39, 0.29) is 6.10 Å². The molecule has 16 heavy (non-hydrogen) atoms. The summed E-state index contributed by atoms with van der Waals surface area (Å²) in [6, 6.07) is 0. The molecule has 0 radical (unpaired) electrons. The average molecular weight is 222 g/mol. The van der Waals surface area contributed by atoms with E-state index in [1.165, 1.54) is 12.6 Å². The normalized spacial score (nSPS) is 25.3. The van der Waals surface area contributed by atoms with Crippen molar-refractivity contribution in [2.24, 2.45) is 5.92 Å². The predicted molar refractivity (Wildman–Crippen MR) is 62.9 cm³/mol. The van der Waals surface area contributed by atoms with Gasteiger partial charge in [-0.15, -0.1) is 0 Å². The van der Waals surface area contributed by atoms with Crippen molar-refractivity contribution in [1.29, 1.82) is 0 Å². The maximum atomic E-state index is 9.80. The molecule has 0 amide bonds. The van der Waals surface area contributed by atoms with E-state index in [2.05, 4.69) is 15.3 Å². The predicted octanol–water partition coefficient (Wildman–Crippen LogP) is 1.02. The lowest BCUT2D eigenvalue weighted by molar-refractivity contribution is 0.0763. The zero-order valence-electron chi connectivity index (χ0n) is 9.26. The van der Waals surface area contributed by atoms with Crippen LogP contribution in [0.5, 0.6) is 0 Å². The topological polar surface area (TPSA) is 84.1 Å². The first-order valence-corrected chi connectivity index (χ1v) is 5.75. The highest BCUT2D eigenvalue weighted by atomic mass is 16.3. The number of nitrogens with zero attached hydrogens (tertiary/aromatic N) is 2. The van der Waals surface area contributed by atoms with E-state index < -0.39 is 0 Å². The maximum Gasteiger partial charge on any atom is 0.146 e.